The third-order valence-corrected chi connectivity index (χ3v) is 4.42. The monoisotopic (exact) mass is 265 g/mol. The minimum Gasteiger partial charge on any atom is -0.375 e. The van der Waals surface area contributed by atoms with Crippen molar-refractivity contribution in [3.63, 3.8) is 0 Å². The Bertz CT molecular complexity index is 297. The molecule has 0 radical (unpaired) electrons. The van der Waals surface area contributed by atoms with Crippen molar-refractivity contribution in [1.82, 2.24) is 5.32 Å². The third-order valence-electron chi connectivity index (χ3n) is 4.42. The lowest BCUT2D eigenvalue weighted by molar-refractivity contribution is -0.0853. The molecule has 2 fully saturated rings. The summed E-state index contributed by atoms with van der Waals surface area (Å²) >= 11 is 0. The molecule has 0 aromatic heterocycles. The lowest BCUT2D eigenvalue weighted by atomic mass is 9.84. The number of nitrogens with one attached hydrogen (secondary N) is 1. The molecular formula is C17H31NO. The van der Waals surface area contributed by atoms with Gasteiger partial charge in [0, 0.05) is 12.1 Å². The van der Waals surface area contributed by atoms with E-state index in [9.17, 15) is 0 Å². The van der Waals surface area contributed by atoms with Crippen LogP contribution in [0.4, 0.5) is 0 Å². The summed E-state index contributed by atoms with van der Waals surface area (Å²) in [4.78, 5) is 0. The van der Waals surface area contributed by atoms with Crippen molar-refractivity contribution in [3.8, 4) is 0 Å². The number of ether oxygens (including phenoxy) is 1. The van der Waals surface area contributed by atoms with Crippen LogP contribution in [0.2, 0.25) is 0 Å². The molecule has 2 rings (SSSR count). The zero-order valence-electron chi connectivity index (χ0n) is 13.0. The van der Waals surface area contributed by atoms with Gasteiger partial charge in [-0.25, -0.2) is 0 Å². The van der Waals surface area contributed by atoms with Gasteiger partial charge in [-0.1, -0.05) is 25.0 Å². The van der Waals surface area contributed by atoms with E-state index in [0.29, 0.717) is 0 Å². The summed E-state index contributed by atoms with van der Waals surface area (Å²) < 4.78 is 6.08. The molecular weight excluding hydrogens is 234 g/mol. The predicted molar refractivity (Wildman–Crippen MR) is 81.4 cm³/mol. The Hall–Kier alpha value is -0.340. The SMILES string of the molecule is CC(C)(C)NCCC=CC1CCOC2(CCCC2)C1. The number of hydrogen-bond donors (Lipinski definition) is 1. The van der Waals surface area contributed by atoms with E-state index in [0.717, 1.165) is 25.5 Å². The van der Waals surface area contributed by atoms with Gasteiger partial charge in [-0.15, -0.1) is 0 Å². The Morgan fingerprint density at radius 1 is 1.26 bits per heavy atom. The summed E-state index contributed by atoms with van der Waals surface area (Å²) in [7, 11) is 0. The van der Waals surface area contributed by atoms with E-state index in [4.69, 9.17) is 4.74 Å². The summed E-state index contributed by atoms with van der Waals surface area (Å²) in [5.41, 5.74) is 0.497. The first-order chi connectivity index (χ1) is 8.99. The summed E-state index contributed by atoms with van der Waals surface area (Å²) in [5.74, 6) is 0.751. The van der Waals surface area contributed by atoms with E-state index in [1.165, 1.54) is 38.5 Å². The second-order valence-electron chi connectivity index (χ2n) is 7.39. The summed E-state index contributed by atoms with van der Waals surface area (Å²) in [6.07, 6.45) is 13.8. The Balaban J connectivity index is 1.70. The first-order valence-electron chi connectivity index (χ1n) is 8.05. The maximum Gasteiger partial charge on any atom is 0.0688 e. The summed E-state index contributed by atoms with van der Waals surface area (Å²) in [5, 5.41) is 3.53. The van der Waals surface area contributed by atoms with Gasteiger partial charge in [0.05, 0.1) is 5.60 Å². The van der Waals surface area contributed by atoms with Crippen molar-refractivity contribution in [2.75, 3.05) is 13.2 Å². The fraction of sp³-hybridized carbons (Fsp3) is 0.882. The molecule has 0 bridgehead atoms. The normalized spacial score (nSPS) is 27.4. The predicted octanol–water partition coefficient (Wildman–Crippen LogP) is 4.06. The van der Waals surface area contributed by atoms with Crippen molar-refractivity contribution in [3.05, 3.63) is 12.2 Å². The molecule has 1 heterocycles. The first kappa shape index (κ1) is 15.1. The average molecular weight is 265 g/mol. The van der Waals surface area contributed by atoms with Crippen LogP contribution in [0.3, 0.4) is 0 Å². The molecule has 1 saturated carbocycles. The van der Waals surface area contributed by atoms with Crippen LogP contribution in [-0.2, 0) is 4.74 Å². The van der Waals surface area contributed by atoms with Gasteiger partial charge >= 0.3 is 0 Å². The highest BCUT2D eigenvalue weighted by atomic mass is 16.5. The number of hydrogen-bond acceptors (Lipinski definition) is 2. The van der Waals surface area contributed by atoms with Crippen molar-refractivity contribution in [2.45, 2.75) is 76.9 Å². The Kier molecular flexibility index (Phi) is 5.08. The molecule has 2 nitrogen and oxygen atoms in total. The van der Waals surface area contributed by atoms with Crippen LogP contribution < -0.4 is 5.32 Å². The Labute approximate surface area is 119 Å². The molecule has 1 unspecified atom stereocenters. The van der Waals surface area contributed by atoms with Gasteiger partial charge < -0.3 is 10.1 Å². The second-order valence-corrected chi connectivity index (χ2v) is 7.39. The highest BCUT2D eigenvalue weighted by Crippen LogP contribution is 2.42. The molecule has 110 valence electrons. The molecule has 1 spiro atoms. The van der Waals surface area contributed by atoms with Crippen LogP contribution >= 0.6 is 0 Å². The highest BCUT2D eigenvalue weighted by Gasteiger charge is 2.38. The van der Waals surface area contributed by atoms with Gasteiger partial charge in [-0.05, 0) is 65.3 Å². The van der Waals surface area contributed by atoms with Crippen LogP contribution in [0.15, 0.2) is 12.2 Å². The fourth-order valence-electron chi connectivity index (χ4n) is 3.42. The van der Waals surface area contributed by atoms with E-state index in [-0.39, 0.29) is 11.1 Å². The maximum atomic E-state index is 6.08. The average Bonchev–Trinajstić information content (AvgIpc) is 2.75. The Morgan fingerprint density at radius 3 is 2.68 bits per heavy atom. The molecule has 2 aliphatic rings. The smallest absolute Gasteiger partial charge is 0.0688 e. The molecule has 1 atom stereocenters. The summed E-state index contributed by atoms with van der Waals surface area (Å²) in [6.45, 7) is 8.71. The molecule has 19 heavy (non-hydrogen) atoms. The van der Waals surface area contributed by atoms with Crippen molar-refractivity contribution in [1.29, 1.82) is 0 Å². The standard InChI is InChI=1S/C17H31NO/c1-16(2,3)18-12-7-4-8-15-9-13-19-17(14-15)10-5-6-11-17/h4,8,15,18H,5-7,9-14H2,1-3H3. The van der Waals surface area contributed by atoms with Crippen molar-refractivity contribution >= 4 is 0 Å². The van der Waals surface area contributed by atoms with E-state index in [1.54, 1.807) is 0 Å². The van der Waals surface area contributed by atoms with Crippen molar-refractivity contribution in [2.24, 2.45) is 5.92 Å². The molecule has 1 N–H and O–H groups in total. The van der Waals surface area contributed by atoms with Gasteiger partial charge in [-0.3, -0.25) is 0 Å². The molecule has 1 saturated heterocycles. The maximum absolute atomic E-state index is 6.08. The second kappa shape index (κ2) is 6.41. The van der Waals surface area contributed by atoms with Crippen LogP contribution in [0, 0.1) is 5.92 Å². The van der Waals surface area contributed by atoms with Crippen molar-refractivity contribution < 1.29 is 4.74 Å². The molecule has 1 aliphatic heterocycles. The number of allylic oxidation sites excluding steroid dienone is 1. The lowest BCUT2D eigenvalue weighted by Gasteiger charge is -2.37. The quantitative estimate of drug-likeness (QED) is 0.611. The van der Waals surface area contributed by atoms with Gasteiger partial charge in [0.1, 0.15) is 0 Å². The topological polar surface area (TPSA) is 21.3 Å². The van der Waals surface area contributed by atoms with Gasteiger partial charge in [0.15, 0.2) is 0 Å². The minimum atomic E-state index is 0.237. The van der Waals surface area contributed by atoms with Crippen LogP contribution in [0.25, 0.3) is 0 Å². The van der Waals surface area contributed by atoms with E-state index < -0.39 is 0 Å². The van der Waals surface area contributed by atoms with E-state index in [2.05, 4.69) is 38.2 Å². The molecule has 0 aromatic carbocycles. The zero-order chi connectivity index (χ0) is 13.8. The Morgan fingerprint density at radius 2 is 2.00 bits per heavy atom. The van der Waals surface area contributed by atoms with Crippen LogP contribution in [-0.4, -0.2) is 24.3 Å². The molecule has 0 aromatic rings. The van der Waals surface area contributed by atoms with Gasteiger partial charge in [0.2, 0.25) is 0 Å². The number of rotatable bonds is 4. The van der Waals surface area contributed by atoms with Crippen LogP contribution in [0.1, 0.15) is 65.7 Å². The van der Waals surface area contributed by atoms with Crippen LogP contribution in [0.5, 0.6) is 0 Å². The third kappa shape index (κ3) is 4.92. The zero-order valence-corrected chi connectivity index (χ0v) is 13.0. The molecule has 2 heteroatoms. The molecule has 0 amide bonds. The minimum absolute atomic E-state index is 0.237. The largest absolute Gasteiger partial charge is 0.375 e. The first-order valence-corrected chi connectivity index (χ1v) is 8.05. The van der Waals surface area contributed by atoms with E-state index in [1.807, 2.05) is 0 Å². The van der Waals surface area contributed by atoms with Gasteiger partial charge in [-0.2, -0.15) is 0 Å². The molecule has 1 aliphatic carbocycles. The van der Waals surface area contributed by atoms with Gasteiger partial charge in [0.25, 0.3) is 0 Å². The highest BCUT2D eigenvalue weighted by molar-refractivity contribution is 4.98. The summed E-state index contributed by atoms with van der Waals surface area (Å²) in [6, 6.07) is 0. The fourth-order valence-corrected chi connectivity index (χ4v) is 3.42. The van der Waals surface area contributed by atoms with E-state index >= 15 is 0 Å². The lowest BCUT2D eigenvalue weighted by Crippen LogP contribution is -2.37.